The number of nitro groups is 1. The van der Waals surface area contributed by atoms with Gasteiger partial charge >= 0.3 is 42.2 Å². The van der Waals surface area contributed by atoms with Gasteiger partial charge in [-0.15, -0.1) is 0 Å². The Labute approximate surface area is 592 Å². The molecule has 10 rings (SSSR count). The number of benzene rings is 6. The predicted molar refractivity (Wildman–Crippen MR) is 370 cm³/mol. The molecule has 6 aromatic carbocycles. The van der Waals surface area contributed by atoms with Crippen molar-refractivity contribution in [3.05, 3.63) is 230 Å². The number of Topliss-reactive ketones (excluding diaryl/α,β-unsaturated/α-hetero) is 1. The Balaban J connectivity index is 0.911. The molecule has 3 aliphatic carbocycles. The van der Waals surface area contributed by atoms with E-state index in [-0.39, 0.29) is 53.2 Å². The zero-order chi connectivity index (χ0) is 74.1. The molecule has 0 aromatic heterocycles. The van der Waals surface area contributed by atoms with Gasteiger partial charge in [-0.3, -0.25) is 39.9 Å². The van der Waals surface area contributed by atoms with E-state index in [0.29, 0.717) is 33.6 Å². The molecule has 2 saturated carbocycles. The maximum Gasteiger partial charge on any atom is 0.509 e. The highest BCUT2D eigenvalue weighted by molar-refractivity contribution is 5.97. The molecular weight excluding hydrogens is 1330 g/mol. The Bertz CT molecular complexity index is 4300. The lowest BCUT2D eigenvalue weighted by molar-refractivity contribution is -0.384. The second-order valence-electron chi connectivity index (χ2n) is 26.5. The molecule has 4 aliphatic rings. The number of aliphatic hydroxyl groups is 2. The van der Waals surface area contributed by atoms with Crippen LogP contribution in [0.4, 0.5) is 31.4 Å². The van der Waals surface area contributed by atoms with Gasteiger partial charge in [0.1, 0.15) is 49.8 Å². The average Bonchev–Trinajstić information content (AvgIpc) is 0.669. The molecule has 11 atom stereocenters. The largest absolute Gasteiger partial charge is 0.509 e. The van der Waals surface area contributed by atoms with Crippen LogP contribution >= 0.6 is 0 Å². The summed E-state index contributed by atoms with van der Waals surface area (Å²) in [7, 11) is 0. The molecule has 0 radical (unpaired) electrons. The first kappa shape index (κ1) is 74.3. The van der Waals surface area contributed by atoms with Gasteiger partial charge in [-0.1, -0.05) is 116 Å². The molecule has 26 nitrogen and oxygen atoms in total. The molecule has 6 aromatic rings. The van der Waals surface area contributed by atoms with Crippen LogP contribution in [0.15, 0.2) is 186 Å². The predicted octanol–water partition coefficient (Wildman–Crippen LogP) is 11.1. The number of carbonyl (C=O) groups excluding carboxylic acids is 9. The first-order chi connectivity index (χ1) is 49.0. The smallest absolute Gasteiger partial charge is 0.455 e. The van der Waals surface area contributed by atoms with E-state index < -0.39 is 149 Å². The number of ketones is 1. The third kappa shape index (κ3) is 16.4. The number of hydrogen-bond acceptors (Lipinski definition) is 22. The van der Waals surface area contributed by atoms with Crippen molar-refractivity contribution < 1.29 is 101 Å². The van der Waals surface area contributed by atoms with Crippen molar-refractivity contribution in [1.82, 2.24) is 5.32 Å². The molecule has 3 fully saturated rings. The Morgan fingerprint density at radius 2 is 1.23 bits per heavy atom. The maximum atomic E-state index is 16.0. The van der Waals surface area contributed by atoms with Crippen molar-refractivity contribution in [1.29, 1.82) is 0 Å². The number of hydrogen-bond donors (Lipinski definition) is 5. The van der Waals surface area contributed by atoms with Crippen LogP contribution in [0.5, 0.6) is 0 Å². The van der Waals surface area contributed by atoms with E-state index in [9.17, 15) is 53.9 Å². The van der Waals surface area contributed by atoms with Crippen LogP contribution in [0, 0.1) is 33.8 Å². The van der Waals surface area contributed by atoms with Gasteiger partial charge in [-0.25, -0.2) is 24.0 Å². The fourth-order valence-electron chi connectivity index (χ4n) is 13.9. The summed E-state index contributed by atoms with van der Waals surface area (Å²) in [4.78, 5) is 138. The van der Waals surface area contributed by atoms with Gasteiger partial charge in [0.15, 0.2) is 17.5 Å². The number of amides is 3. The molecule has 1 unspecified atom stereocenters. The number of non-ortho nitro benzene ring substituents is 1. The van der Waals surface area contributed by atoms with Gasteiger partial charge in [0, 0.05) is 66.7 Å². The number of fused-ring (bicyclic) bond motifs is 5. The second-order valence-corrected chi connectivity index (χ2v) is 26.5. The molecular formula is C77H78N4O22. The van der Waals surface area contributed by atoms with Crippen molar-refractivity contribution in [2.45, 2.75) is 122 Å². The molecule has 103 heavy (non-hydrogen) atoms. The van der Waals surface area contributed by atoms with Gasteiger partial charge in [0.05, 0.1) is 34.5 Å². The molecule has 2 bridgehead atoms. The zero-order valence-electron chi connectivity index (χ0n) is 57.6. The van der Waals surface area contributed by atoms with Crippen LogP contribution in [-0.2, 0) is 61.8 Å². The number of anilines is 2. The van der Waals surface area contributed by atoms with Gasteiger partial charge in [-0.05, 0) is 128 Å². The maximum absolute atomic E-state index is 16.0. The Morgan fingerprint density at radius 1 is 0.680 bits per heavy atom. The van der Waals surface area contributed by atoms with Crippen molar-refractivity contribution >= 4 is 83.1 Å². The van der Waals surface area contributed by atoms with Crippen LogP contribution < -0.4 is 16.0 Å². The van der Waals surface area contributed by atoms with Gasteiger partial charge in [-0.2, -0.15) is 0 Å². The topological polar surface area (TPSA) is 356 Å². The lowest BCUT2D eigenvalue weighted by Gasteiger charge is -2.67. The zero-order valence-corrected chi connectivity index (χ0v) is 57.6. The molecule has 1 heterocycles. The summed E-state index contributed by atoms with van der Waals surface area (Å²) in [6, 6.07) is 41.0. The van der Waals surface area contributed by atoms with E-state index in [4.69, 9.17) is 42.6 Å². The minimum absolute atomic E-state index is 0.00225. The third-order valence-electron chi connectivity index (χ3n) is 19.2. The minimum Gasteiger partial charge on any atom is -0.455 e. The van der Waals surface area contributed by atoms with Gasteiger partial charge in [0.25, 0.3) is 11.6 Å². The molecule has 3 amide bonds. The molecule has 1 saturated heterocycles. The molecule has 26 heteroatoms. The number of nitro benzene ring substituents is 1. The van der Waals surface area contributed by atoms with Crippen molar-refractivity contribution in [2.75, 3.05) is 37.1 Å². The highest BCUT2D eigenvalue weighted by Crippen LogP contribution is 2.64. The Morgan fingerprint density at radius 3 is 1.79 bits per heavy atom. The van der Waals surface area contributed by atoms with Crippen LogP contribution in [-0.4, -0.2) is 143 Å². The summed E-state index contributed by atoms with van der Waals surface area (Å²) in [5.74, 6) is -7.48. The van der Waals surface area contributed by atoms with Crippen molar-refractivity contribution in [2.24, 2.45) is 16.7 Å². The third-order valence-corrected chi connectivity index (χ3v) is 19.2. The number of carbonyl (C=O) groups is 9. The van der Waals surface area contributed by atoms with Crippen LogP contribution in [0.1, 0.15) is 110 Å². The average molecular weight is 1410 g/mol. The van der Waals surface area contributed by atoms with Crippen LogP contribution in [0.2, 0.25) is 0 Å². The number of ether oxygens (including phenoxy) is 9. The number of nitrogens with zero attached hydrogens (tertiary/aromatic N) is 1. The molecule has 538 valence electrons. The van der Waals surface area contributed by atoms with E-state index in [1.54, 1.807) is 122 Å². The number of aliphatic hydroxyl groups excluding tert-OH is 1. The van der Waals surface area contributed by atoms with Gasteiger partial charge < -0.3 is 58.2 Å². The lowest BCUT2D eigenvalue weighted by Crippen LogP contribution is -2.82. The van der Waals surface area contributed by atoms with E-state index in [2.05, 4.69) is 16.0 Å². The summed E-state index contributed by atoms with van der Waals surface area (Å²) < 4.78 is 53.7. The van der Waals surface area contributed by atoms with Gasteiger partial charge in [0.2, 0.25) is 6.10 Å². The van der Waals surface area contributed by atoms with Crippen molar-refractivity contribution in [3.63, 3.8) is 0 Å². The van der Waals surface area contributed by atoms with Crippen molar-refractivity contribution in [3.8, 4) is 0 Å². The quantitative estimate of drug-likeness (QED) is 0.0139. The number of aryl methyl sites for hydroxylation is 1. The van der Waals surface area contributed by atoms with Crippen LogP contribution in [0.25, 0.3) is 12.2 Å². The fourth-order valence-corrected chi connectivity index (χ4v) is 13.9. The molecule has 1 aliphatic heterocycles. The first-order valence-corrected chi connectivity index (χ1v) is 33.0. The van der Waals surface area contributed by atoms with Crippen LogP contribution in [0.3, 0.4) is 0 Å². The summed E-state index contributed by atoms with van der Waals surface area (Å²) >= 11 is 0. The Kier molecular flexibility index (Phi) is 22.6. The van der Waals surface area contributed by atoms with E-state index in [0.717, 1.165) is 19.4 Å². The minimum atomic E-state index is -2.56. The summed E-state index contributed by atoms with van der Waals surface area (Å²) in [6.45, 7) is 10.1. The Hall–Kier alpha value is -11.4. The number of nitrogens with one attached hydrogen (secondary N) is 3. The lowest BCUT2D eigenvalue weighted by atomic mass is 9.44. The normalized spacial score (nSPS) is 23.8. The first-order valence-electron chi connectivity index (χ1n) is 33.0. The SMILES string of the molecule is CC(=O)O[C@@H]1C(=O)[C@@]2(C)[C@H]([C@H](OC(=O)c3ccccc3)[C@]3(O)CC(OC(=O)[C@H](OC(=O)OC/C(C)=C\c4ccc(NC(=O)OC/C(=C\c5ccc([N+](=O)[O-])cc5)COC(=O)Nc5ccc(C)cc5)cc4)[C@@H](NC(=O)c4ccccc4)c4ccccc4)C(C)=C1C3(C)C)[C@]1(OC(C)=O)CO[C@@H]1C[C@@H]2O. The number of esters is 4. The summed E-state index contributed by atoms with van der Waals surface area (Å²) in [6.07, 6.45) is -11.4. The standard InChI is InChI=1S/C77H78N4O22/c1-44-24-30-55(31-25-44)78-71(89)95-41-51(37-50-28-34-57(35-29-50)81(93)94)42-96-72(90)79-56-32-26-49(27-33-56)36-45(2)40-97-73(91)101-64(62(52-18-12-9-13-19-52)80-68(86)53-20-14-10-15-21-53)70(88)100-58-39-77(92)67(102-69(87)54-22-16-11-17-23-54)65-75(8,59(84)38-60-76(65,43-98-60)103-48(5)83)66(85)63(99-47(4)82)61(46(58)3)74(77,6)7/h9-37,58-60,62-65,67,84,92H,38-43H2,1-8H3,(H,78,89)(H,79,90)(H,80,86)/b45-36-,51-37-/t58?,59-,60+,62-,63-,64+,65-,67-,75+,76-,77+/m0/s1. The fraction of sp³-hybridized carbons (Fsp3) is 0.338. The second kappa shape index (κ2) is 31.3. The highest BCUT2D eigenvalue weighted by Gasteiger charge is 2.78. The monoisotopic (exact) mass is 1410 g/mol. The van der Waals surface area contributed by atoms with E-state index >= 15 is 9.59 Å². The molecule has 0 spiro atoms. The van der Waals surface area contributed by atoms with E-state index in [1.165, 1.54) is 76.2 Å². The summed E-state index contributed by atoms with van der Waals surface area (Å²) in [5.41, 5.74) is -4.63. The highest BCUT2D eigenvalue weighted by atomic mass is 16.7. The molecule has 5 N–H and O–H groups in total. The number of rotatable bonds is 22. The summed E-state index contributed by atoms with van der Waals surface area (Å²) in [5, 5.41) is 45.9. The van der Waals surface area contributed by atoms with E-state index in [1.807, 2.05) is 19.1 Å².